The normalized spacial score (nSPS) is 10.4. The highest BCUT2D eigenvalue weighted by atomic mass is 16.5. The molecule has 0 atom stereocenters. The number of methoxy groups -OCH3 is 1. The van der Waals surface area contributed by atoms with Crippen molar-refractivity contribution in [2.24, 2.45) is 5.73 Å². The SMILES string of the molecule is COc1ccc(CCNc2nc(-c3ccc(C(N)=O)cc3)ncc2C)cc1. The molecule has 0 aliphatic carbocycles. The Labute approximate surface area is 158 Å². The van der Waals surface area contributed by atoms with E-state index in [2.05, 4.69) is 27.4 Å². The van der Waals surface area contributed by atoms with Gasteiger partial charge in [-0.1, -0.05) is 24.3 Å². The van der Waals surface area contributed by atoms with E-state index in [1.54, 1.807) is 37.6 Å². The molecule has 0 aliphatic rings. The van der Waals surface area contributed by atoms with Crippen LogP contribution in [-0.4, -0.2) is 29.5 Å². The molecule has 3 rings (SSSR count). The van der Waals surface area contributed by atoms with Gasteiger partial charge in [-0.3, -0.25) is 4.79 Å². The summed E-state index contributed by atoms with van der Waals surface area (Å²) in [4.78, 5) is 20.2. The number of rotatable bonds is 7. The molecule has 138 valence electrons. The average molecular weight is 362 g/mol. The summed E-state index contributed by atoms with van der Waals surface area (Å²) in [5, 5.41) is 3.37. The molecular formula is C21H22N4O2. The maximum atomic E-state index is 11.2. The summed E-state index contributed by atoms with van der Waals surface area (Å²) >= 11 is 0. The number of nitrogens with one attached hydrogen (secondary N) is 1. The van der Waals surface area contributed by atoms with Gasteiger partial charge >= 0.3 is 0 Å². The van der Waals surface area contributed by atoms with Crippen molar-refractivity contribution in [1.82, 2.24) is 9.97 Å². The maximum Gasteiger partial charge on any atom is 0.248 e. The molecule has 2 aromatic carbocycles. The summed E-state index contributed by atoms with van der Waals surface area (Å²) in [6.07, 6.45) is 2.66. The highest BCUT2D eigenvalue weighted by Gasteiger charge is 2.07. The second-order valence-corrected chi connectivity index (χ2v) is 6.19. The Balaban J connectivity index is 1.68. The average Bonchev–Trinajstić information content (AvgIpc) is 2.70. The minimum atomic E-state index is -0.452. The lowest BCUT2D eigenvalue weighted by atomic mass is 10.1. The number of nitrogens with zero attached hydrogens (tertiary/aromatic N) is 2. The number of ether oxygens (including phenoxy) is 1. The van der Waals surface area contributed by atoms with Gasteiger partial charge in [-0.25, -0.2) is 9.97 Å². The van der Waals surface area contributed by atoms with E-state index < -0.39 is 5.91 Å². The second kappa shape index (κ2) is 8.31. The quantitative estimate of drug-likeness (QED) is 0.673. The first-order valence-electron chi connectivity index (χ1n) is 8.67. The number of carbonyl (C=O) groups excluding carboxylic acids is 1. The summed E-state index contributed by atoms with van der Waals surface area (Å²) in [6.45, 7) is 2.72. The van der Waals surface area contributed by atoms with Crippen molar-refractivity contribution >= 4 is 11.7 Å². The van der Waals surface area contributed by atoms with Crippen molar-refractivity contribution in [3.63, 3.8) is 0 Å². The van der Waals surface area contributed by atoms with E-state index >= 15 is 0 Å². The molecule has 0 fully saturated rings. The molecular weight excluding hydrogens is 340 g/mol. The van der Waals surface area contributed by atoms with Gasteiger partial charge in [-0.05, 0) is 43.2 Å². The van der Waals surface area contributed by atoms with Crippen LogP contribution >= 0.6 is 0 Å². The van der Waals surface area contributed by atoms with Crippen molar-refractivity contribution in [2.45, 2.75) is 13.3 Å². The van der Waals surface area contributed by atoms with Crippen molar-refractivity contribution < 1.29 is 9.53 Å². The predicted molar refractivity (Wildman–Crippen MR) is 106 cm³/mol. The number of anilines is 1. The molecule has 27 heavy (non-hydrogen) atoms. The first-order valence-corrected chi connectivity index (χ1v) is 8.67. The summed E-state index contributed by atoms with van der Waals surface area (Å²) in [7, 11) is 1.66. The molecule has 0 aliphatic heterocycles. The van der Waals surface area contributed by atoms with E-state index in [-0.39, 0.29) is 0 Å². The van der Waals surface area contributed by atoms with Crippen LogP contribution in [-0.2, 0) is 6.42 Å². The molecule has 0 saturated heterocycles. The van der Waals surface area contributed by atoms with Crippen LogP contribution in [0.25, 0.3) is 11.4 Å². The minimum Gasteiger partial charge on any atom is -0.497 e. The van der Waals surface area contributed by atoms with E-state index in [1.807, 2.05) is 19.1 Å². The Morgan fingerprint density at radius 3 is 2.44 bits per heavy atom. The number of nitrogens with two attached hydrogens (primary N) is 1. The van der Waals surface area contributed by atoms with E-state index in [0.29, 0.717) is 11.4 Å². The lowest BCUT2D eigenvalue weighted by Crippen LogP contribution is -2.10. The first kappa shape index (κ1) is 18.4. The number of amides is 1. The fourth-order valence-corrected chi connectivity index (χ4v) is 2.66. The van der Waals surface area contributed by atoms with Crippen molar-refractivity contribution in [3.8, 4) is 17.1 Å². The van der Waals surface area contributed by atoms with Gasteiger partial charge in [-0.15, -0.1) is 0 Å². The van der Waals surface area contributed by atoms with Gasteiger partial charge in [0, 0.05) is 29.4 Å². The van der Waals surface area contributed by atoms with E-state index in [4.69, 9.17) is 10.5 Å². The van der Waals surface area contributed by atoms with Crippen LogP contribution in [0.1, 0.15) is 21.5 Å². The zero-order valence-corrected chi connectivity index (χ0v) is 15.4. The summed E-state index contributed by atoms with van der Waals surface area (Å²) in [5.74, 6) is 1.80. The Morgan fingerprint density at radius 1 is 1.11 bits per heavy atom. The Hall–Kier alpha value is -3.41. The zero-order valence-electron chi connectivity index (χ0n) is 15.4. The van der Waals surface area contributed by atoms with Crippen LogP contribution < -0.4 is 15.8 Å². The van der Waals surface area contributed by atoms with Gasteiger partial charge in [-0.2, -0.15) is 0 Å². The predicted octanol–water partition coefficient (Wildman–Crippen LogP) is 3.21. The standard InChI is InChI=1S/C21H22N4O2/c1-14-13-24-21(17-7-5-16(6-8-17)19(22)26)25-20(14)23-12-11-15-3-9-18(27-2)10-4-15/h3-10,13H,11-12H2,1-2H3,(H2,22,26)(H,23,24,25). The van der Waals surface area contributed by atoms with Crippen molar-refractivity contribution in [3.05, 3.63) is 71.4 Å². The molecule has 6 nitrogen and oxygen atoms in total. The molecule has 0 saturated carbocycles. The van der Waals surface area contributed by atoms with Gasteiger partial charge in [0.05, 0.1) is 7.11 Å². The summed E-state index contributed by atoms with van der Waals surface area (Å²) in [6, 6.07) is 15.0. The highest BCUT2D eigenvalue weighted by molar-refractivity contribution is 5.93. The van der Waals surface area contributed by atoms with Crippen LogP contribution in [0.15, 0.2) is 54.7 Å². The number of hydrogen-bond donors (Lipinski definition) is 2. The number of aromatic nitrogens is 2. The lowest BCUT2D eigenvalue weighted by Gasteiger charge is -2.10. The van der Waals surface area contributed by atoms with Gasteiger partial charge in [0.2, 0.25) is 5.91 Å². The van der Waals surface area contributed by atoms with E-state index in [1.165, 1.54) is 5.56 Å². The molecule has 0 radical (unpaired) electrons. The third-order valence-electron chi connectivity index (χ3n) is 4.26. The Morgan fingerprint density at radius 2 is 1.81 bits per heavy atom. The van der Waals surface area contributed by atoms with Crippen molar-refractivity contribution in [2.75, 3.05) is 19.0 Å². The van der Waals surface area contributed by atoms with Gasteiger partial charge in [0.15, 0.2) is 5.82 Å². The fraction of sp³-hybridized carbons (Fsp3) is 0.190. The number of benzene rings is 2. The topological polar surface area (TPSA) is 90.1 Å². The van der Waals surface area contributed by atoms with Crippen molar-refractivity contribution in [1.29, 1.82) is 0 Å². The van der Waals surface area contributed by atoms with Gasteiger partial charge in [0.25, 0.3) is 0 Å². The van der Waals surface area contributed by atoms with Crippen LogP contribution in [0.2, 0.25) is 0 Å². The summed E-state index contributed by atoms with van der Waals surface area (Å²) in [5.41, 5.74) is 8.77. The molecule has 3 aromatic rings. The zero-order chi connectivity index (χ0) is 19.2. The van der Waals surface area contributed by atoms with Gasteiger partial charge in [0.1, 0.15) is 11.6 Å². The molecule has 6 heteroatoms. The fourth-order valence-electron chi connectivity index (χ4n) is 2.66. The largest absolute Gasteiger partial charge is 0.497 e. The Bertz CT molecular complexity index is 922. The maximum absolute atomic E-state index is 11.2. The number of primary amides is 1. The molecule has 0 bridgehead atoms. The molecule has 0 unspecified atom stereocenters. The third-order valence-corrected chi connectivity index (χ3v) is 4.26. The second-order valence-electron chi connectivity index (χ2n) is 6.19. The minimum absolute atomic E-state index is 0.452. The number of carbonyl (C=O) groups is 1. The molecule has 0 spiro atoms. The van der Waals surface area contributed by atoms with Crippen LogP contribution in [0, 0.1) is 6.92 Å². The van der Waals surface area contributed by atoms with Crippen LogP contribution in [0.4, 0.5) is 5.82 Å². The Kier molecular flexibility index (Phi) is 5.66. The van der Waals surface area contributed by atoms with E-state index in [9.17, 15) is 4.79 Å². The van der Waals surface area contributed by atoms with Crippen LogP contribution in [0.5, 0.6) is 5.75 Å². The molecule has 3 N–H and O–H groups in total. The first-order chi connectivity index (χ1) is 13.1. The molecule has 1 amide bonds. The summed E-state index contributed by atoms with van der Waals surface area (Å²) < 4.78 is 5.18. The third kappa shape index (κ3) is 4.61. The molecule has 1 aromatic heterocycles. The van der Waals surface area contributed by atoms with E-state index in [0.717, 1.165) is 35.7 Å². The number of aryl methyl sites for hydroxylation is 1. The smallest absolute Gasteiger partial charge is 0.248 e. The lowest BCUT2D eigenvalue weighted by molar-refractivity contribution is 0.100. The number of hydrogen-bond acceptors (Lipinski definition) is 5. The molecule has 1 heterocycles. The van der Waals surface area contributed by atoms with Gasteiger partial charge < -0.3 is 15.8 Å². The monoisotopic (exact) mass is 362 g/mol. The van der Waals surface area contributed by atoms with Crippen LogP contribution in [0.3, 0.4) is 0 Å². The highest BCUT2D eigenvalue weighted by Crippen LogP contribution is 2.20.